The van der Waals surface area contributed by atoms with Crippen LogP contribution in [-0.2, 0) is 6.54 Å². The molecule has 2 aromatic rings. The smallest absolute Gasteiger partial charge is 0.131 e. The first kappa shape index (κ1) is 9.46. The van der Waals surface area contributed by atoms with Crippen molar-refractivity contribution in [3.63, 3.8) is 0 Å². The second kappa shape index (κ2) is 3.96. The van der Waals surface area contributed by atoms with Gasteiger partial charge in [-0.3, -0.25) is 4.68 Å². The molecule has 0 saturated carbocycles. The zero-order valence-electron chi connectivity index (χ0n) is 7.94. The molecule has 0 unspecified atom stereocenters. The summed E-state index contributed by atoms with van der Waals surface area (Å²) in [6.07, 6.45) is 2.04. The predicted molar refractivity (Wildman–Crippen MR) is 60.2 cm³/mol. The van der Waals surface area contributed by atoms with E-state index in [0.29, 0.717) is 0 Å². The van der Waals surface area contributed by atoms with E-state index < -0.39 is 0 Å². The van der Waals surface area contributed by atoms with Crippen molar-refractivity contribution >= 4 is 15.9 Å². The van der Waals surface area contributed by atoms with E-state index in [1.54, 1.807) is 0 Å². The van der Waals surface area contributed by atoms with E-state index in [9.17, 15) is 0 Å². The van der Waals surface area contributed by atoms with E-state index in [1.807, 2.05) is 36.0 Å². The highest BCUT2D eigenvalue weighted by atomic mass is 79.9. The lowest BCUT2D eigenvalue weighted by atomic mass is 10.2. The highest BCUT2D eigenvalue weighted by Crippen LogP contribution is 2.13. The first-order chi connectivity index (χ1) is 6.75. The molecule has 2 nitrogen and oxygen atoms in total. The number of hydrogen-bond donors (Lipinski definition) is 0. The maximum Gasteiger partial charge on any atom is 0.131 e. The van der Waals surface area contributed by atoms with Crippen LogP contribution in [-0.4, -0.2) is 9.78 Å². The van der Waals surface area contributed by atoms with Crippen LogP contribution in [0.1, 0.15) is 11.1 Å². The Morgan fingerprint density at radius 1 is 1.29 bits per heavy atom. The van der Waals surface area contributed by atoms with E-state index in [2.05, 4.69) is 33.2 Å². The highest BCUT2D eigenvalue weighted by Gasteiger charge is 2.01. The van der Waals surface area contributed by atoms with Crippen molar-refractivity contribution in [3.05, 3.63) is 52.3 Å². The molecule has 2 rings (SSSR count). The van der Waals surface area contributed by atoms with Crippen LogP contribution in [0.5, 0.6) is 0 Å². The third-order valence-corrected chi connectivity index (χ3v) is 2.86. The number of aryl methyl sites for hydroxylation is 1. The zero-order valence-corrected chi connectivity index (χ0v) is 9.53. The largest absolute Gasteiger partial charge is 0.267 e. The molecule has 0 N–H and O–H groups in total. The van der Waals surface area contributed by atoms with E-state index >= 15 is 0 Å². The van der Waals surface area contributed by atoms with Crippen molar-refractivity contribution < 1.29 is 0 Å². The minimum atomic E-state index is 0.827. The number of rotatable bonds is 2. The van der Waals surface area contributed by atoms with E-state index in [1.165, 1.54) is 11.1 Å². The summed E-state index contributed by atoms with van der Waals surface area (Å²) in [6, 6.07) is 10.3. The first-order valence-electron chi connectivity index (χ1n) is 4.49. The average molecular weight is 251 g/mol. The molecule has 72 valence electrons. The van der Waals surface area contributed by atoms with Crippen LogP contribution >= 0.6 is 15.9 Å². The highest BCUT2D eigenvalue weighted by molar-refractivity contribution is 9.10. The molecule has 0 aliphatic carbocycles. The Kier molecular flexibility index (Phi) is 2.68. The molecule has 0 amide bonds. The monoisotopic (exact) mass is 250 g/mol. The molecule has 0 bridgehead atoms. The van der Waals surface area contributed by atoms with E-state index in [4.69, 9.17) is 0 Å². The molecule has 1 heterocycles. The molecule has 0 spiro atoms. The second-order valence-corrected chi connectivity index (χ2v) is 4.04. The number of benzene rings is 1. The third-order valence-electron chi connectivity index (χ3n) is 2.07. The van der Waals surface area contributed by atoms with Crippen LogP contribution in [0.2, 0.25) is 0 Å². The minimum Gasteiger partial charge on any atom is -0.267 e. The molecule has 0 aliphatic rings. The number of aromatic nitrogens is 2. The lowest BCUT2D eigenvalue weighted by molar-refractivity contribution is 0.681. The van der Waals surface area contributed by atoms with Crippen molar-refractivity contribution in [1.82, 2.24) is 9.78 Å². The van der Waals surface area contributed by atoms with E-state index in [0.717, 1.165) is 11.1 Å². The number of hydrogen-bond acceptors (Lipinski definition) is 1. The van der Waals surface area contributed by atoms with Gasteiger partial charge < -0.3 is 0 Å². The Morgan fingerprint density at radius 2 is 2.00 bits per heavy atom. The van der Waals surface area contributed by atoms with Gasteiger partial charge in [0.05, 0.1) is 6.54 Å². The fourth-order valence-electron chi connectivity index (χ4n) is 1.35. The van der Waals surface area contributed by atoms with Crippen LogP contribution < -0.4 is 0 Å². The summed E-state index contributed by atoms with van der Waals surface area (Å²) < 4.78 is 2.86. The molecular weight excluding hydrogens is 240 g/mol. The van der Waals surface area contributed by atoms with Crippen molar-refractivity contribution in [2.24, 2.45) is 0 Å². The SMILES string of the molecule is Cc1cn(Cc2ccccc2)nc1Br. The summed E-state index contributed by atoms with van der Waals surface area (Å²) in [7, 11) is 0. The van der Waals surface area contributed by atoms with Crippen molar-refractivity contribution in [3.8, 4) is 0 Å². The van der Waals surface area contributed by atoms with Gasteiger partial charge in [-0.25, -0.2) is 0 Å². The Balaban J connectivity index is 2.19. The Hall–Kier alpha value is -1.09. The molecule has 0 atom stereocenters. The van der Waals surface area contributed by atoms with Gasteiger partial charge >= 0.3 is 0 Å². The van der Waals surface area contributed by atoms with E-state index in [-0.39, 0.29) is 0 Å². The van der Waals surface area contributed by atoms with Crippen molar-refractivity contribution in [2.45, 2.75) is 13.5 Å². The lowest BCUT2D eigenvalue weighted by Crippen LogP contribution is -1.99. The molecule has 1 aromatic carbocycles. The Morgan fingerprint density at radius 3 is 2.57 bits per heavy atom. The normalized spacial score (nSPS) is 10.4. The molecular formula is C11H11BrN2. The Bertz CT molecular complexity index is 401. The van der Waals surface area contributed by atoms with Crippen LogP contribution in [0.4, 0.5) is 0 Å². The molecule has 3 heteroatoms. The summed E-state index contributed by atoms with van der Waals surface area (Å²) in [5, 5.41) is 4.34. The molecule has 0 aliphatic heterocycles. The average Bonchev–Trinajstić information content (AvgIpc) is 2.47. The van der Waals surface area contributed by atoms with Gasteiger partial charge in [0.1, 0.15) is 4.60 Å². The van der Waals surface area contributed by atoms with Gasteiger partial charge in [-0.1, -0.05) is 30.3 Å². The topological polar surface area (TPSA) is 17.8 Å². The fraction of sp³-hybridized carbons (Fsp3) is 0.182. The summed E-state index contributed by atoms with van der Waals surface area (Å²) >= 11 is 3.40. The quantitative estimate of drug-likeness (QED) is 0.802. The lowest BCUT2D eigenvalue weighted by Gasteiger charge is -2.00. The van der Waals surface area contributed by atoms with Gasteiger partial charge in [0.15, 0.2) is 0 Å². The van der Waals surface area contributed by atoms with Gasteiger partial charge in [0.25, 0.3) is 0 Å². The van der Waals surface area contributed by atoms with Crippen LogP contribution in [0.3, 0.4) is 0 Å². The molecule has 1 aromatic heterocycles. The third kappa shape index (κ3) is 2.04. The summed E-state index contributed by atoms with van der Waals surface area (Å²) in [5.41, 5.74) is 2.43. The number of halogens is 1. The van der Waals surface area contributed by atoms with Gasteiger partial charge in [-0.05, 0) is 28.4 Å². The molecule has 0 saturated heterocycles. The first-order valence-corrected chi connectivity index (χ1v) is 5.28. The molecule has 14 heavy (non-hydrogen) atoms. The maximum absolute atomic E-state index is 4.34. The fourth-order valence-corrected chi connectivity index (χ4v) is 1.65. The molecule has 0 radical (unpaired) electrons. The van der Waals surface area contributed by atoms with Gasteiger partial charge in [0.2, 0.25) is 0 Å². The van der Waals surface area contributed by atoms with Gasteiger partial charge in [-0.2, -0.15) is 5.10 Å². The summed E-state index contributed by atoms with van der Waals surface area (Å²) in [6.45, 7) is 2.87. The number of nitrogens with zero attached hydrogens (tertiary/aromatic N) is 2. The second-order valence-electron chi connectivity index (χ2n) is 3.29. The maximum atomic E-state index is 4.34. The van der Waals surface area contributed by atoms with Gasteiger partial charge in [0, 0.05) is 11.8 Å². The zero-order chi connectivity index (χ0) is 9.97. The molecule has 0 fully saturated rings. The van der Waals surface area contributed by atoms with Gasteiger partial charge in [-0.15, -0.1) is 0 Å². The minimum absolute atomic E-state index is 0.827. The van der Waals surface area contributed by atoms with Crippen molar-refractivity contribution in [1.29, 1.82) is 0 Å². The summed E-state index contributed by atoms with van der Waals surface area (Å²) in [5.74, 6) is 0. The Labute approximate surface area is 91.7 Å². The summed E-state index contributed by atoms with van der Waals surface area (Å²) in [4.78, 5) is 0. The van der Waals surface area contributed by atoms with Crippen molar-refractivity contribution in [2.75, 3.05) is 0 Å². The van der Waals surface area contributed by atoms with Crippen LogP contribution in [0.15, 0.2) is 41.1 Å². The van der Waals surface area contributed by atoms with Crippen LogP contribution in [0, 0.1) is 6.92 Å². The standard InChI is InChI=1S/C11H11BrN2/c1-9-7-14(13-11(9)12)8-10-5-3-2-4-6-10/h2-7H,8H2,1H3. The predicted octanol–water partition coefficient (Wildman–Crippen LogP) is 3.00. The van der Waals surface area contributed by atoms with Crippen LogP contribution in [0.25, 0.3) is 0 Å².